The van der Waals surface area contributed by atoms with Crippen molar-refractivity contribution in [1.82, 2.24) is 14.5 Å². The minimum Gasteiger partial charge on any atom is -0.306 e. The highest BCUT2D eigenvalue weighted by atomic mass is 35.5. The van der Waals surface area contributed by atoms with E-state index in [0.29, 0.717) is 29.4 Å². The van der Waals surface area contributed by atoms with Crippen molar-refractivity contribution in [1.29, 1.82) is 0 Å². The fourth-order valence-corrected chi connectivity index (χ4v) is 2.55. The lowest BCUT2D eigenvalue weighted by Crippen LogP contribution is -2.28. The Bertz CT molecular complexity index is 722. The van der Waals surface area contributed by atoms with Crippen LogP contribution in [-0.4, -0.2) is 20.3 Å². The van der Waals surface area contributed by atoms with Crippen LogP contribution in [-0.2, 0) is 13.0 Å². The van der Waals surface area contributed by atoms with Gasteiger partial charge in [0, 0.05) is 23.7 Å². The SMILES string of the molecule is O=C1CCCc2c1ccc(=O)n2Cc1cnc(Cl)cn1. The first kappa shape index (κ1) is 13.0. The summed E-state index contributed by atoms with van der Waals surface area (Å²) in [7, 11) is 0. The molecule has 2 aromatic rings. The van der Waals surface area contributed by atoms with E-state index in [-0.39, 0.29) is 11.3 Å². The smallest absolute Gasteiger partial charge is 0.251 e. The highest BCUT2D eigenvalue weighted by Gasteiger charge is 2.20. The van der Waals surface area contributed by atoms with Crippen LogP contribution >= 0.6 is 11.6 Å². The van der Waals surface area contributed by atoms with Gasteiger partial charge in [0.05, 0.1) is 24.6 Å². The van der Waals surface area contributed by atoms with Crippen LogP contribution in [0.5, 0.6) is 0 Å². The van der Waals surface area contributed by atoms with Crippen LogP contribution in [0.1, 0.15) is 34.6 Å². The summed E-state index contributed by atoms with van der Waals surface area (Å²) in [6, 6.07) is 3.06. The number of ketones is 1. The van der Waals surface area contributed by atoms with Crippen LogP contribution < -0.4 is 5.56 Å². The second-order valence-corrected chi connectivity index (χ2v) is 5.11. The summed E-state index contributed by atoms with van der Waals surface area (Å²) in [5.41, 5.74) is 1.96. The Balaban J connectivity index is 2.05. The topological polar surface area (TPSA) is 64.8 Å². The zero-order chi connectivity index (χ0) is 14.1. The van der Waals surface area contributed by atoms with Crippen molar-refractivity contribution >= 4 is 17.4 Å². The molecule has 0 unspecified atom stereocenters. The van der Waals surface area contributed by atoms with Gasteiger partial charge in [-0.15, -0.1) is 0 Å². The van der Waals surface area contributed by atoms with E-state index in [1.165, 1.54) is 12.3 Å². The van der Waals surface area contributed by atoms with Gasteiger partial charge in [0.15, 0.2) is 5.78 Å². The van der Waals surface area contributed by atoms with Gasteiger partial charge in [-0.25, -0.2) is 4.98 Å². The van der Waals surface area contributed by atoms with Crippen molar-refractivity contribution in [2.24, 2.45) is 0 Å². The molecule has 0 N–H and O–H groups in total. The third kappa shape index (κ3) is 2.36. The number of aromatic nitrogens is 3. The standard InChI is InChI=1S/C14H12ClN3O2/c15-13-7-16-9(6-17-13)8-18-11-2-1-3-12(19)10(11)4-5-14(18)20/h4-7H,1-3,8H2. The predicted octanol–water partition coefficient (Wildman–Crippen LogP) is 1.86. The lowest BCUT2D eigenvalue weighted by molar-refractivity contribution is 0.0970. The molecule has 102 valence electrons. The quantitative estimate of drug-likeness (QED) is 0.846. The van der Waals surface area contributed by atoms with Gasteiger partial charge in [-0.05, 0) is 18.9 Å². The van der Waals surface area contributed by atoms with Gasteiger partial charge in [0.1, 0.15) is 5.15 Å². The van der Waals surface area contributed by atoms with Crippen LogP contribution in [0.15, 0.2) is 29.3 Å². The zero-order valence-corrected chi connectivity index (χ0v) is 11.4. The molecule has 1 aliphatic carbocycles. The molecule has 0 fully saturated rings. The summed E-state index contributed by atoms with van der Waals surface area (Å²) in [5.74, 6) is 0.0993. The van der Waals surface area contributed by atoms with Crippen molar-refractivity contribution in [2.75, 3.05) is 0 Å². The molecule has 0 bridgehead atoms. The molecule has 0 radical (unpaired) electrons. The van der Waals surface area contributed by atoms with E-state index < -0.39 is 0 Å². The lowest BCUT2D eigenvalue weighted by atomic mass is 9.94. The number of pyridine rings is 1. The maximum atomic E-state index is 12.0. The molecular formula is C14H12ClN3O2. The van der Waals surface area contributed by atoms with E-state index in [2.05, 4.69) is 9.97 Å². The average molecular weight is 290 g/mol. The average Bonchev–Trinajstić information content (AvgIpc) is 2.44. The molecule has 6 heteroatoms. The van der Waals surface area contributed by atoms with Gasteiger partial charge >= 0.3 is 0 Å². The fraction of sp³-hybridized carbons (Fsp3) is 0.286. The zero-order valence-electron chi connectivity index (χ0n) is 10.7. The normalized spacial score (nSPS) is 14.2. The molecule has 0 aromatic carbocycles. The van der Waals surface area contributed by atoms with Gasteiger partial charge in [0.25, 0.3) is 5.56 Å². The van der Waals surface area contributed by atoms with Gasteiger partial charge in [-0.2, -0.15) is 0 Å². The fourth-order valence-electron chi connectivity index (χ4n) is 2.45. The first-order valence-electron chi connectivity index (χ1n) is 6.37. The van der Waals surface area contributed by atoms with Crippen molar-refractivity contribution in [3.63, 3.8) is 0 Å². The van der Waals surface area contributed by atoms with Crippen LogP contribution in [0, 0.1) is 0 Å². The van der Waals surface area contributed by atoms with Crippen molar-refractivity contribution in [3.8, 4) is 0 Å². The Kier molecular flexibility index (Phi) is 3.36. The van der Waals surface area contributed by atoms with E-state index in [9.17, 15) is 9.59 Å². The molecule has 1 aliphatic rings. The number of fused-ring (bicyclic) bond motifs is 1. The summed E-state index contributed by atoms with van der Waals surface area (Å²) in [6.45, 7) is 0.305. The molecule has 0 saturated heterocycles. The van der Waals surface area contributed by atoms with E-state index in [0.717, 1.165) is 18.5 Å². The highest BCUT2D eigenvalue weighted by Crippen LogP contribution is 2.20. The Morgan fingerprint density at radius 1 is 1.15 bits per heavy atom. The van der Waals surface area contributed by atoms with Crippen molar-refractivity contribution < 1.29 is 4.79 Å². The van der Waals surface area contributed by atoms with E-state index in [1.54, 1.807) is 16.8 Å². The number of halogens is 1. The molecule has 3 rings (SSSR count). The number of carbonyl (C=O) groups excluding carboxylic acids is 1. The molecule has 0 spiro atoms. The molecule has 5 nitrogen and oxygen atoms in total. The maximum Gasteiger partial charge on any atom is 0.251 e. The highest BCUT2D eigenvalue weighted by molar-refractivity contribution is 6.29. The summed E-state index contributed by atoms with van der Waals surface area (Å²) >= 11 is 5.69. The predicted molar refractivity (Wildman–Crippen MR) is 74.1 cm³/mol. The molecule has 0 aliphatic heterocycles. The van der Waals surface area contributed by atoms with E-state index >= 15 is 0 Å². The van der Waals surface area contributed by atoms with Crippen LogP contribution in [0.25, 0.3) is 0 Å². The summed E-state index contributed by atoms with van der Waals surface area (Å²) in [6.07, 6.45) is 5.05. The van der Waals surface area contributed by atoms with Gasteiger partial charge in [0.2, 0.25) is 0 Å². The summed E-state index contributed by atoms with van der Waals surface area (Å²) in [4.78, 5) is 32.0. The molecular weight excluding hydrogens is 278 g/mol. The second kappa shape index (κ2) is 5.17. The largest absolute Gasteiger partial charge is 0.306 e. The first-order valence-corrected chi connectivity index (χ1v) is 6.75. The van der Waals surface area contributed by atoms with Crippen LogP contribution in [0.2, 0.25) is 5.15 Å². The number of nitrogens with zero attached hydrogens (tertiary/aromatic N) is 3. The number of rotatable bonds is 2. The third-order valence-corrected chi connectivity index (χ3v) is 3.60. The van der Waals surface area contributed by atoms with E-state index in [4.69, 9.17) is 11.6 Å². The Morgan fingerprint density at radius 2 is 2.00 bits per heavy atom. The minimum absolute atomic E-state index is 0.0993. The maximum absolute atomic E-state index is 12.0. The minimum atomic E-state index is -0.129. The number of Topliss-reactive ketones (excluding diaryl/α,β-unsaturated/α-hetero) is 1. The van der Waals surface area contributed by atoms with Gasteiger partial charge < -0.3 is 4.57 Å². The number of hydrogen-bond acceptors (Lipinski definition) is 4. The molecule has 0 atom stereocenters. The molecule has 2 heterocycles. The Morgan fingerprint density at radius 3 is 2.75 bits per heavy atom. The monoisotopic (exact) mass is 289 g/mol. The first-order chi connectivity index (χ1) is 9.65. The summed E-state index contributed by atoms with van der Waals surface area (Å²) in [5, 5.41) is 0.311. The second-order valence-electron chi connectivity index (χ2n) is 4.73. The third-order valence-electron chi connectivity index (χ3n) is 3.41. The Hall–Kier alpha value is -2.01. The summed E-state index contributed by atoms with van der Waals surface area (Å²) < 4.78 is 1.60. The number of carbonyl (C=O) groups is 1. The molecule has 0 saturated carbocycles. The molecule has 2 aromatic heterocycles. The van der Waals surface area contributed by atoms with Crippen LogP contribution in [0.4, 0.5) is 0 Å². The molecule has 0 amide bonds. The van der Waals surface area contributed by atoms with Crippen LogP contribution in [0.3, 0.4) is 0 Å². The van der Waals surface area contributed by atoms with E-state index in [1.807, 2.05) is 0 Å². The lowest BCUT2D eigenvalue weighted by Gasteiger charge is -2.19. The van der Waals surface area contributed by atoms with Crippen molar-refractivity contribution in [3.05, 3.63) is 57.0 Å². The molecule has 20 heavy (non-hydrogen) atoms. The van der Waals surface area contributed by atoms with Gasteiger partial charge in [-0.3, -0.25) is 14.6 Å². The Labute approximate surface area is 120 Å². The van der Waals surface area contributed by atoms with Crippen molar-refractivity contribution in [2.45, 2.75) is 25.8 Å². The van der Waals surface area contributed by atoms with Gasteiger partial charge in [-0.1, -0.05) is 11.6 Å². The number of hydrogen-bond donors (Lipinski definition) is 0.